The largest absolute Gasteiger partial charge is 0.474 e. The average molecular weight is 249 g/mol. The van der Waals surface area contributed by atoms with Gasteiger partial charge in [-0.25, -0.2) is 4.98 Å². The molecule has 0 radical (unpaired) electrons. The first kappa shape index (κ1) is 11.9. The van der Waals surface area contributed by atoms with Crippen molar-refractivity contribution >= 4 is 0 Å². The van der Waals surface area contributed by atoms with Crippen LogP contribution in [0, 0.1) is 0 Å². The third-order valence-corrected chi connectivity index (χ3v) is 3.27. The third-order valence-electron chi connectivity index (χ3n) is 3.27. The van der Waals surface area contributed by atoms with Crippen LogP contribution in [0.4, 0.5) is 0 Å². The van der Waals surface area contributed by atoms with Gasteiger partial charge in [-0.05, 0) is 25.7 Å². The zero-order valence-corrected chi connectivity index (χ0v) is 10.5. The molecule has 1 aromatic rings. The molecular formula is C13H19N3O2. The van der Waals surface area contributed by atoms with E-state index in [1.54, 1.807) is 12.4 Å². The summed E-state index contributed by atoms with van der Waals surface area (Å²) in [6.45, 7) is 2.23. The number of hydrogen-bond acceptors (Lipinski definition) is 5. The number of nitrogens with one attached hydrogen (secondary N) is 1. The van der Waals surface area contributed by atoms with E-state index in [2.05, 4.69) is 15.3 Å². The molecule has 1 unspecified atom stereocenters. The van der Waals surface area contributed by atoms with E-state index in [4.69, 9.17) is 9.47 Å². The van der Waals surface area contributed by atoms with E-state index in [0.29, 0.717) is 18.5 Å². The fraction of sp³-hybridized carbons (Fsp3) is 0.692. The minimum absolute atomic E-state index is 0.225. The van der Waals surface area contributed by atoms with Crippen LogP contribution in [0.15, 0.2) is 12.4 Å². The van der Waals surface area contributed by atoms with Gasteiger partial charge < -0.3 is 14.8 Å². The van der Waals surface area contributed by atoms with Crippen LogP contribution in [0.2, 0.25) is 0 Å². The number of ether oxygens (including phenoxy) is 2. The van der Waals surface area contributed by atoms with E-state index in [1.165, 1.54) is 12.8 Å². The normalized spacial score (nSPS) is 23.2. The first-order valence-electron chi connectivity index (χ1n) is 6.69. The highest BCUT2D eigenvalue weighted by atomic mass is 16.5. The monoisotopic (exact) mass is 249 g/mol. The van der Waals surface area contributed by atoms with Gasteiger partial charge in [-0.1, -0.05) is 0 Å². The molecule has 18 heavy (non-hydrogen) atoms. The van der Waals surface area contributed by atoms with Crippen molar-refractivity contribution in [3.05, 3.63) is 18.1 Å². The second kappa shape index (κ2) is 5.63. The first-order chi connectivity index (χ1) is 8.90. The van der Waals surface area contributed by atoms with Gasteiger partial charge in [0.15, 0.2) is 0 Å². The van der Waals surface area contributed by atoms with E-state index in [1.807, 2.05) is 0 Å². The number of hydrogen-bond donors (Lipinski definition) is 1. The van der Waals surface area contributed by atoms with E-state index < -0.39 is 0 Å². The number of rotatable bonds is 6. The van der Waals surface area contributed by atoms with Gasteiger partial charge in [0.25, 0.3) is 0 Å². The van der Waals surface area contributed by atoms with Crippen LogP contribution in [0.3, 0.4) is 0 Å². The SMILES string of the molecule is c1nc(OCC2CCCO2)cnc1CNC1CC1. The summed E-state index contributed by atoms with van der Waals surface area (Å²) in [5, 5.41) is 3.41. The lowest BCUT2D eigenvalue weighted by atomic mass is 10.2. The van der Waals surface area contributed by atoms with Gasteiger partial charge in [-0.3, -0.25) is 4.98 Å². The van der Waals surface area contributed by atoms with E-state index in [0.717, 1.165) is 31.7 Å². The smallest absolute Gasteiger partial charge is 0.232 e. The molecule has 1 aliphatic carbocycles. The summed E-state index contributed by atoms with van der Waals surface area (Å²) in [5.74, 6) is 0.584. The van der Waals surface area contributed by atoms with E-state index >= 15 is 0 Å². The first-order valence-corrected chi connectivity index (χ1v) is 6.69. The summed E-state index contributed by atoms with van der Waals surface area (Å²) in [6, 6.07) is 0.697. The summed E-state index contributed by atoms with van der Waals surface area (Å²) >= 11 is 0. The molecule has 0 spiro atoms. The highest BCUT2D eigenvalue weighted by molar-refractivity contribution is 5.07. The van der Waals surface area contributed by atoms with Crippen molar-refractivity contribution in [1.29, 1.82) is 0 Å². The van der Waals surface area contributed by atoms with Gasteiger partial charge in [0.1, 0.15) is 6.61 Å². The molecule has 1 saturated heterocycles. The lowest BCUT2D eigenvalue weighted by molar-refractivity contribution is 0.0661. The average Bonchev–Trinajstić information content (AvgIpc) is 3.09. The molecule has 1 aromatic heterocycles. The summed E-state index contributed by atoms with van der Waals surface area (Å²) in [4.78, 5) is 8.59. The maximum absolute atomic E-state index is 5.56. The second-order valence-electron chi connectivity index (χ2n) is 4.95. The zero-order valence-electron chi connectivity index (χ0n) is 10.5. The maximum atomic E-state index is 5.56. The van der Waals surface area contributed by atoms with Gasteiger partial charge in [-0.15, -0.1) is 0 Å². The summed E-state index contributed by atoms with van der Waals surface area (Å²) < 4.78 is 11.1. The summed E-state index contributed by atoms with van der Waals surface area (Å²) in [5.41, 5.74) is 0.964. The van der Waals surface area contributed by atoms with Crippen molar-refractivity contribution in [2.24, 2.45) is 0 Å². The molecule has 5 nitrogen and oxygen atoms in total. The fourth-order valence-electron chi connectivity index (χ4n) is 2.00. The molecule has 2 heterocycles. The minimum Gasteiger partial charge on any atom is -0.474 e. The minimum atomic E-state index is 0.225. The van der Waals surface area contributed by atoms with Crippen LogP contribution >= 0.6 is 0 Å². The van der Waals surface area contributed by atoms with E-state index in [-0.39, 0.29) is 6.10 Å². The summed E-state index contributed by atoms with van der Waals surface area (Å²) in [7, 11) is 0. The number of nitrogens with zero attached hydrogens (tertiary/aromatic N) is 2. The van der Waals surface area contributed by atoms with Gasteiger partial charge in [0, 0.05) is 19.2 Å². The Bertz CT molecular complexity index is 372. The Kier molecular flexibility index (Phi) is 3.71. The van der Waals surface area contributed by atoms with Gasteiger partial charge in [-0.2, -0.15) is 0 Å². The lowest BCUT2D eigenvalue weighted by Gasteiger charge is -2.10. The highest BCUT2D eigenvalue weighted by Crippen LogP contribution is 2.19. The Balaban J connectivity index is 1.44. The molecule has 1 N–H and O–H groups in total. The molecule has 0 bridgehead atoms. The topological polar surface area (TPSA) is 56.3 Å². The molecule has 1 saturated carbocycles. The van der Waals surface area contributed by atoms with Crippen LogP contribution in [-0.2, 0) is 11.3 Å². The molecule has 0 aromatic carbocycles. The molecular weight excluding hydrogens is 230 g/mol. The number of aromatic nitrogens is 2. The molecule has 2 fully saturated rings. The molecule has 1 aliphatic heterocycles. The van der Waals surface area contributed by atoms with Crippen LogP contribution in [-0.4, -0.2) is 35.3 Å². The maximum Gasteiger partial charge on any atom is 0.232 e. The highest BCUT2D eigenvalue weighted by Gasteiger charge is 2.20. The fourth-order valence-corrected chi connectivity index (χ4v) is 2.00. The molecule has 5 heteroatoms. The van der Waals surface area contributed by atoms with Crippen molar-refractivity contribution in [3.63, 3.8) is 0 Å². The van der Waals surface area contributed by atoms with Crippen molar-refractivity contribution < 1.29 is 9.47 Å². The standard InChI is InChI=1S/C13H19N3O2/c1-2-12(17-5-1)9-18-13-8-15-11(7-16-13)6-14-10-3-4-10/h7-8,10,12,14H,1-6,9H2. The lowest BCUT2D eigenvalue weighted by Crippen LogP contribution is -2.18. The Morgan fingerprint density at radius 1 is 1.28 bits per heavy atom. The predicted octanol–water partition coefficient (Wildman–Crippen LogP) is 1.29. The quantitative estimate of drug-likeness (QED) is 0.823. The van der Waals surface area contributed by atoms with Gasteiger partial charge in [0.05, 0.1) is 24.2 Å². The second-order valence-corrected chi connectivity index (χ2v) is 4.95. The van der Waals surface area contributed by atoms with Crippen molar-refractivity contribution in [1.82, 2.24) is 15.3 Å². The van der Waals surface area contributed by atoms with Crippen LogP contribution in [0.5, 0.6) is 5.88 Å². The molecule has 1 atom stereocenters. The molecule has 98 valence electrons. The predicted molar refractivity (Wildman–Crippen MR) is 66.4 cm³/mol. The Hall–Kier alpha value is -1.20. The van der Waals surface area contributed by atoms with Gasteiger partial charge >= 0.3 is 0 Å². The molecule has 0 amide bonds. The molecule has 2 aliphatic rings. The zero-order chi connectivity index (χ0) is 12.2. The van der Waals surface area contributed by atoms with E-state index in [9.17, 15) is 0 Å². The molecule has 3 rings (SSSR count). The van der Waals surface area contributed by atoms with Crippen LogP contribution < -0.4 is 10.1 Å². The van der Waals surface area contributed by atoms with Crippen molar-refractivity contribution in [3.8, 4) is 5.88 Å². The third kappa shape index (κ3) is 3.40. The summed E-state index contributed by atoms with van der Waals surface area (Å²) in [6.07, 6.45) is 8.48. The Labute approximate surface area is 107 Å². The Morgan fingerprint density at radius 3 is 2.89 bits per heavy atom. The van der Waals surface area contributed by atoms with Crippen molar-refractivity contribution in [2.75, 3.05) is 13.2 Å². The van der Waals surface area contributed by atoms with Crippen LogP contribution in [0.25, 0.3) is 0 Å². The Morgan fingerprint density at radius 2 is 2.22 bits per heavy atom. The van der Waals surface area contributed by atoms with Gasteiger partial charge in [0.2, 0.25) is 5.88 Å². The van der Waals surface area contributed by atoms with Crippen LogP contribution in [0.1, 0.15) is 31.4 Å². The van der Waals surface area contributed by atoms with Crippen molar-refractivity contribution in [2.45, 2.75) is 44.4 Å².